The van der Waals surface area contributed by atoms with Crippen LogP contribution in [-0.2, 0) is 59.0 Å². The Bertz CT molecular complexity index is 2750. The Kier molecular flexibility index (Phi) is 21.7. The van der Waals surface area contributed by atoms with Gasteiger partial charge in [-0.1, -0.05) is 54.6 Å². The fraction of sp³-hybridized carbons (Fsp3) is 0.500. The minimum absolute atomic E-state index is 0.0855. The maximum Gasteiger partial charge on any atom is 0.330 e. The third-order valence-electron chi connectivity index (χ3n) is 14.8. The van der Waals surface area contributed by atoms with Crippen LogP contribution in [-0.4, -0.2) is 193 Å². The number of rotatable bonds is 8. The zero-order valence-electron chi connectivity index (χ0n) is 46.5. The predicted octanol–water partition coefficient (Wildman–Crippen LogP) is 2.72. The normalized spacial score (nSPS) is 24.0. The number of fused-ring (bicyclic) bond motifs is 4. The molecule has 0 aromatic heterocycles. The first kappa shape index (κ1) is 61.4. The van der Waals surface area contributed by atoms with Crippen molar-refractivity contribution < 1.29 is 77.0 Å². The molecule has 3 aromatic rings. The lowest BCUT2D eigenvalue weighted by Gasteiger charge is -2.36. The van der Waals surface area contributed by atoms with Gasteiger partial charge in [-0.05, 0) is 106 Å². The van der Waals surface area contributed by atoms with Gasteiger partial charge >= 0.3 is 11.9 Å². The Morgan fingerprint density at radius 1 is 0.688 bits per heavy atom. The van der Waals surface area contributed by atoms with Crippen LogP contribution >= 0.6 is 0 Å². The van der Waals surface area contributed by atoms with Crippen molar-refractivity contribution in [2.75, 3.05) is 81.4 Å². The molecule has 2 fully saturated rings. The molecular weight excluding hydrogens is 1040 g/mol. The average molecular weight is 1110 g/mol. The van der Waals surface area contributed by atoms with E-state index in [-0.39, 0.29) is 50.2 Å². The van der Waals surface area contributed by atoms with Gasteiger partial charge in [-0.15, -0.1) is 0 Å². The molecule has 3 aliphatic heterocycles. The first-order valence-electron chi connectivity index (χ1n) is 26.7. The Balaban J connectivity index is 1.31. The summed E-state index contributed by atoms with van der Waals surface area (Å²) in [6.07, 6.45) is 4.42. The zero-order chi connectivity index (χ0) is 58.3. The summed E-state index contributed by atoms with van der Waals surface area (Å²) in [4.78, 5) is 132. The molecule has 6 amide bonds. The lowest BCUT2D eigenvalue weighted by Crippen LogP contribution is -2.58. The van der Waals surface area contributed by atoms with E-state index < -0.39 is 121 Å². The van der Waals surface area contributed by atoms with Gasteiger partial charge in [0.1, 0.15) is 48.7 Å². The molecule has 3 N–H and O–H groups in total. The first-order valence-corrected chi connectivity index (χ1v) is 26.7. The molecule has 6 atom stereocenters. The number of methoxy groups -OCH3 is 2. The number of hydrogen-bond acceptors (Lipinski definition) is 16. The van der Waals surface area contributed by atoms with Crippen LogP contribution in [0, 0.1) is 5.41 Å². The smallest absolute Gasteiger partial charge is 0.330 e. The average Bonchev–Trinajstić information content (AvgIpc) is 4.01. The van der Waals surface area contributed by atoms with Gasteiger partial charge in [0.15, 0.2) is 18.1 Å². The molecular formula is C58H74N6O16. The predicted molar refractivity (Wildman–Crippen MR) is 288 cm³/mol. The van der Waals surface area contributed by atoms with Gasteiger partial charge in [0.2, 0.25) is 29.4 Å². The minimum atomic E-state index is -1.55. The zero-order valence-corrected chi connectivity index (χ0v) is 46.5. The van der Waals surface area contributed by atoms with Crippen molar-refractivity contribution in [1.82, 2.24) is 29.8 Å². The number of nitrogens with one attached hydrogen (secondary N) is 1. The van der Waals surface area contributed by atoms with E-state index in [2.05, 4.69) is 5.32 Å². The molecule has 80 heavy (non-hydrogen) atoms. The molecule has 2 saturated heterocycles. The molecule has 0 spiro atoms. The van der Waals surface area contributed by atoms with Crippen molar-refractivity contribution in [3.05, 3.63) is 102 Å². The summed E-state index contributed by atoms with van der Waals surface area (Å²) in [5.74, 6) is -5.86. The lowest BCUT2D eigenvalue weighted by molar-refractivity contribution is -0.165. The highest BCUT2D eigenvalue weighted by atomic mass is 16.5. The summed E-state index contributed by atoms with van der Waals surface area (Å²) in [6, 6.07) is 13.3. The molecule has 2 bridgehead atoms. The van der Waals surface area contributed by atoms with Gasteiger partial charge in [0.25, 0.3) is 11.8 Å². The molecule has 22 nitrogen and oxygen atoms in total. The van der Waals surface area contributed by atoms with Crippen LogP contribution in [0.4, 0.5) is 0 Å². The van der Waals surface area contributed by atoms with Crippen molar-refractivity contribution in [3.8, 4) is 17.2 Å². The van der Waals surface area contributed by atoms with Crippen molar-refractivity contribution in [3.63, 3.8) is 0 Å². The Morgan fingerprint density at radius 3 is 2.08 bits per heavy atom. The summed E-state index contributed by atoms with van der Waals surface area (Å²) >= 11 is 0. The number of nitrogens with zero attached hydrogens (tertiary/aromatic N) is 5. The van der Waals surface area contributed by atoms with Crippen LogP contribution < -0.4 is 19.5 Å². The van der Waals surface area contributed by atoms with Crippen LogP contribution in [0.15, 0.2) is 84.9 Å². The minimum Gasteiger partial charge on any atom is -0.493 e. The number of cyclic esters (lactones) is 2. The summed E-state index contributed by atoms with van der Waals surface area (Å²) in [6.45, 7) is 0.451. The second kappa shape index (κ2) is 28.3. The standard InChI is InChI=1S/C58H74N6O16/c1-58(2)36-79-49(68)23-12-13-28-60(3)53(71)41-22-16-30-63(41)54(72)44(34-66)62(5)55(73)50(38-17-9-8-10-18-38)59-52(70)43(33-65)61(4)48(67)35-78-40-20-15-19-39(32-40)45(26-24-37-25-27-46(76-6)47(31-37)77-7)80-57(75)42-21-11-14-29-64(42)56(74)51(58)69/h8-10,12,15,17-20,23,25,27,31-32,41-45,50,65-66H,11,13-14,16,21-22,24,26,28-30,33-36H2,1-7H3,(H,59,70)/t41-,42-,43?,44-,45+,50?/m0/s1. The number of Topliss-reactive ketones (excluding diaryl/α,β-unsaturated/α-hetero) is 1. The van der Waals surface area contributed by atoms with Crippen molar-refractivity contribution in [2.24, 2.45) is 5.41 Å². The van der Waals surface area contributed by atoms with E-state index in [1.54, 1.807) is 66.7 Å². The number of aryl methyl sites for hydroxylation is 1. The summed E-state index contributed by atoms with van der Waals surface area (Å²) in [5, 5.41) is 23.9. The number of aliphatic hydroxyl groups is 2. The van der Waals surface area contributed by atoms with Crippen LogP contribution in [0.5, 0.6) is 17.2 Å². The largest absolute Gasteiger partial charge is 0.493 e. The number of benzene rings is 3. The fourth-order valence-electron chi connectivity index (χ4n) is 9.84. The summed E-state index contributed by atoms with van der Waals surface area (Å²) in [5.41, 5.74) is 0.0428. The second-order valence-electron chi connectivity index (χ2n) is 20.7. The molecule has 0 aliphatic carbocycles. The van der Waals surface area contributed by atoms with Gasteiger partial charge < -0.3 is 63.7 Å². The fourth-order valence-corrected chi connectivity index (χ4v) is 9.84. The number of hydrogen-bond donors (Lipinski definition) is 3. The number of ketones is 1. The maximum absolute atomic E-state index is 14.5. The van der Waals surface area contributed by atoms with E-state index in [4.69, 9.17) is 23.7 Å². The first-order chi connectivity index (χ1) is 38.2. The highest BCUT2D eigenvalue weighted by Gasteiger charge is 2.44. The molecule has 432 valence electrons. The number of aliphatic hydroxyl groups excluding tert-OH is 2. The molecule has 22 heteroatoms. The van der Waals surface area contributed by atoms with E-state index in [0.29, 0.717) is 49.2 Å². The number of likely N-dealkylation sites (N-methyl/N-ethyl adjacent to an activating group) is 3. The molecule has 6 rings (SSSR count). The number of ether oxygens (including phenoxy) is 5. The van der Waals surface area contributed by atoms with Crippen molar-refractivity contribution >= 4 is 53.2 Å². The monoisotopic (exact) mass is 1110 g/mol. The SMILES string of the molecule is COc1ccc(CC[C@H]2OC(=O)[C@@H]3CCCCN3C(=O)C(=O)C(C)(C)COC(=O)C=CCCN(C)C(=O)[C@@H]3CCCN3C(=O)[C@H](CO)N(C)C(=O)C(c3ccccc3)NC(=O)C(CO)N(C)C(=O)COc3cccc2c3)cc1OC. The van der Waals surface area contributed by atoms with Gasteiger partial charge in [0.05, 0.1) is 32.8 Å². The van der Waals surface area contributed by atoms with Gasteiger partial charge in [-0.25, -0.2) is 9.59 Å². The van der Waals surface area contributed by atoms with Crippen LogP contribution in [0.25, 0.3) is 0 Å². The molecule has 3 heterocycles. The van der Waals surface area contributed by atoms with Gasteiger partial charge in [0, 0.05) is 46.9 Å². The number of carbonyl (C=O) groups is 9. The van der Waals surface area contributed by atoms with E-state index >= 15 is 0 Å². The number of amides is 6. The Hall–Kier alpha value is -7.85. The number of esters is 2. The topological polar surface area (TPSA) is 268 Å². The van der Waals surface area contributed by atoms with E-state index in [0.717, 1.165) is 21.4 Å². The summed E-state index contributed by atoms with van der Waals surface area (Å²) < 4.78 is 28.6. The maximum atomic E-state index is 14.5. The molecule has 3 aromatic carbocycles. The van der Waals surface area contributed by atoms with Gasteiger partial charge in [-0.3, -0.25) is 33.6 Å². The lowest BCUT2D eigenvalue weighted by atomic mass is 9.87. The van der Waals surface area contributed by atoms with Crippen molar-refractivity contribution in [2.45, 2.75) is 102 Å². The molecule has 3 aliphatic rings. The van der Waals surface area contributed by atoms with Gasteiger partial charge in [-0.2, -0.15) is 0 Å². The van der Waals surface area contributed by atoms with E-state index in [1.165, 1.54) is 70.0 Å². The number of piperidine rings is 1. The molecule has 0 radical (unpaired) electrons. The highest BCUT2D eigenvalue weighted by molar-refractivity contribution is 6.38. The molecule has 2 unspecified atom stereocenters. The van der Waals surface area contributed by atoms with E-state index in [9.17, 15) is 53.4 Å². The molecule has 0 saturated carbocycles. The van der Waals surface area contributed by atoms with Crippen LogP contribution in [0.2, 0.25) is 0 Å². The third-order valence-corrected chi connectivity index (χ3v) is 14.8. The van der Waals surface area contributed by atoms with Crippen LogP contribution in [0.3, 0.4) is 0 Å². The third kappa shape index (κ3) is 15.1. The Morgan fingerprint density at radius 2 is 1.38 bits per heavy atom. The van der Waals surface area contributed by atoms with Crippen molar-refractivity contribution in [1.29, 1.82) is 0 Å². The Labute approximate surface area is 465 Å². The summed E-state index contributed by atoms with van der Waals surface area (Å²) in [7, 11) is 7.11. The van der Waals surface area contributed by atoms with E-state index in [1.807, 2.05) is 6.07 Å². The quantitative estimate of drug-likeness (QED) is 0.216. The second-order valence-corrected chi connectivity index (χ2v) is 20.7. The number of carbonyl (C=O) groups excluding carboxylic acids is 9. The van der Waals surface area contributed by atoms with Crippen LogP contribution in [0.1, 0.15) is 87.6 Å². The highest BCUT2D eigenvalue weighted by Crippen LogP contribution is 2.33.